The van der Waals surface area contributed by atoms with E-state index in [0.717, 1.165) is 5.71 Å². The first kappa shape index (κ1) is 7.43. The smallest absolute Gasteiger partial charge is 0.221 e. The third kappa shape index (κ3) is 5.43. The highest BCUT2D eigenvalue weighted by Gasteiger charge is 1.88. The summed E-state index contributed by atoms with van der Waals surface area (Å²) in [6.07, 6.45) is -0.801. The molecule has 1 N–H and O–H groups in total. The van der Waals surface area contributed by atoms with E-state index < -0.39 is 6.29 Å². The zero-order valence-electron chi connectivity index (χ0n) is 5.38. The van der Waals surface area contributed by atoms with E-state index in [1.54, 1.807) is 13.8 Å². The molecule has 0 aliphatic rings. The van der Waals surface area contributed by atoms with Gasteiger partial charge in [-0.2, -0.15) is 0 Å². The Kier molecular flexibility index (Phi) is 3.19. The van der Waals surface area contributed by atoms with E-state index in [1.165, 1.54) is 6.92 Å². The van der Waals surface area contributed by atoms with Crippen LogP contribution in [0.3, 0.4) is 0 Å². The van der Waals surface area contributed by atoms with Crippen molar-refractivity contribution in [2.24, 2.45) is 5.16 Å². The first-order valence-electron chi connectivity index (χ1n) is 2.48. The Morgan fingerprint density at radius 3 is 2.25 bits per heavy atom. The summed E-state index contributed by atoms with van der Waals surface area (Å²) in [7, 11) is 0. The molecule has 0 heterocycles. The van der Waals surface area contributed by atoms with Crippen LogP contribution in [0.1, 0.15) is 20.8 Å². The summed E-state index contributed by atoms with van der Waals surface area (Å²) in [6, 6.07) is 0. The summed E-state index contributed by atoms with van der Waals surface area (Å²) in [5, 5.41) is 12.0. The van der Waals surface area contributed by atoms with Crippen LogP contribution in [0.25, 0.3) is 0 Å². The second kappa shape index (κ2) is 3.43. The van der Waals surface area contributed by atoms with Crippen molar-refractivity contribution in [2.45, 2.75) is 27.1 Å². The molecule has 8 heavy (non-hydrogen) atoms. The average Bonchev–Trinajstić information content (AvgIpc) is 1.61. The van der Waals surface area contributed by atoms with Gasteiger partial charge in [0.15, 0.2) is 0 Å². The molecule has 0 aromatic carbocycles. The van der Waals surface area contributed by atoms with Crippen molar-refractivity contribution in [1.29, 1.82) is 0 Å². The van der Waals surface area contributed by atoms with Gasteiger partial charge < -0.3 is 9.94 Å². The number of aliphatic hydroxyl groups excluding tert-OH is 1. The molecule has 48 valence electrons. The minimum Gasteiger partial charge on any atom is -0.364 e. The molecule has 3 nitrogen and oxygen atoms in total. The second-order valence-corrected chi connectivity index (χ2v) is 1.74. The fourth-order valence-electron chi connectivity index (χ4n) is 0.182. The molecule has 0 saturated heterocycles. The van der Waals surface area contributed by atoms with Crippen molar-refractivity contribution < 1.29 is 9.94 Å². The number of aliphatic hydroxyl groups is 1. The van der Waals surface area contributed by atoms with E-state index in [0.29, 0.717) is 0 Å². The molecule has 0 spiro atoms. The number of hydrogen-bond acceptors (Lipinski definition) is 3. The van der Waals surface area contributed by atoms with Crippen LogP contribution < -0.4 is 0 Å². The fraction of sp³-hybridized carbons (Fsp3) is 0.800. The van der Waals surface area contributed by atoms with Crippen molar-refractivity contribution in [3.63, 3.8) is 0 Å². The average molecular weight is 117 g/mol. The maximum absolute atomic E-state index is 8.47. The molecule has 0 rings (SSSR count). The maximum atomic E-state index is 8.47. The first-order valence-corrected chi connectivity index (χ1v) is 2.48. The SMILES string of the molecule is CC(C)=NOC(C)O. The van der Waals surface area contributed by atoms with Crippen LogP contribution in [0.15, 0.2) is 5.16 Å². The predicted molar refractivity (Wildman–Crippen MR) is 31.5 cm³/mol. The minimum absolute atomic E-state index is 0.797. The lowest BCUT2D eigenvalue weighted by Gasteiger charge is -1.99. The van der Waals surface area contributed by atoms with Crippen LogP contribution >= 0.6 is 0 Å². The van der Waals surface area contributed by atoms with E-state index in [9.17, 15) is 0 Å². The van der Waals surface area contributed by atoms with Crippen LogP contribution in [0.2, 0.25) is 0 Å². The zero-order valence-corrected chi connectivity index (χ0v) is 5.38. The van der Waals surface area contributed by atoms with Crippen LogP contribution in [0.4, 0.5) is 0 Å². The van der Waals surface area contributed by atoms with Gasteiger partial charge in [-0.15, -0.1) is 0 Å². The monoisotopic (exact) mass is 117 g/mol. The van der Waals surface area contributed by atoms with E-state index >= 15 is 0 Å². The third-order valence-corrected chi connectivity index (χ3v) is 0.388. The van der Waals surface area contributed by atoms with Crippen molar-refractivity contribution in [3.8, 4) is 0 Å². The molecule has 0 aliphatic carbocycles. The van der Waals surface area contributed by atoms with E-state index in [-0.39, 0.29) is 0 Å². The Bertz CT molecular complexity index is 84.4. The van der Waals surface area contributed by atoms with Gasteiger partial charge >= 0.3 is 0 Å². The topological polar surface area (TPSA) is 41.8 Å². The summed E-state index contributed by atoms with van der Waals surface area (Å²) in [4.78, 5) is 4.45. The van der Waals surface area contributed by atoms with Crippen molar-refractivity contribution in [2.75, 3.05) is 0 Å². The van der Waals surface area contributed by atoms with Gasteiger partial charge in [0, 0.05) is 6.92 Å². The molecule has 0 saturated carbocycles. The Hall–Kier alpha value is -0.570. The van der Waals surface area contributed by atoms with Gasteiger partial charge in [-0.25, -0.2) is 0 Å². The van der Waals surface area contributed by atoms with E-state index in [2.05, 4.69) is 9.99 Å². The lowest BCUT2D eigenvalue weighted by molar-refractivity contribution is -0.0838. The Morgan fingerprint density at radius 1 is 1.62 bits per heavy atom. The molecule has 0 radical (unpaired) electrons. The molecule has 0 fully saturated rings. The normalized spacial score (nSPS) is 12.5. The highest BCUT2D eigenvalue weighted by molar-refractivity contribution is 5.78. The number of hydrogen-bond donors (Lipinski definition) is 1. The summed E-state index contributed by atoms with van der Waals surface area (Å²) >= 11 is 0. The molecule has 3 heteroatoms. The largest absolute Gasteiger partial charge is 0.364 e. The Morgan fingerprint density at radius 2 is 2.12 bits per heavy atom. The lowest BCUT2D eigenvalue weighted by Crippen LogP contribution is -2.01. The highest BCUT2D eigenvalue weighted by atomic mass is 16.7. The molecule has 0 aromatic rings. The van der Waals surface area contributed by atoms with E-state index in [4.69, 9.17) is 5.11 Å². The summed E-state index contributed by atoms with van der Waals surface area (Å²) in [5.74, 6) is 0. The molecule has 1 unspecified atom stereocenters. The van der Waals surface area contributed by atoms with Gasteiger partial charge in [0.05, 0.1) is 5.71 Å². The second-order valence-electron chi connectivity index (χ2n) is 1.74. The quantitative estimate of drug-likeness (QED) is 0.329. The van der Waals surface area contributed by atoms with Crippen molar-refractivity contribution >= 4 is 5.71 Å². The summed E-state index contributed by atoms with van der Waals surface area (Å²) < 4.78 is 0. The van der Waals surface area contributed by atoms with Gasteiger partial charge in [0.2, 0.25) is 6.29 Å². The zero-order chi connectivity index (χ0) is 6.57. The number of rotatable bonds is 2. The number of nitrogens with zero attached hydrogens (tertiary/aromatic N) is 1. The Balaban J connectivity index is 3.29. The summed E-state index contributed by atoms with van der Waals surface area (Å²) in [6.45, 7) is 5.09. The molecule has 0 bridgehead atoms. The first-order chi connectivity index (χ1) is 3.63. The fourth-order valence-corrected chi connectivity index (χ4v) is 0.182. The van der Waals surface area contributed by atoms with Crippen molar-refractivity contribution in [1.82, 2.24) is 0 Å². The molecule has 1 atom stereocenters. The molecular weight excluding hydrogens is 106 g/mol. The van der Waals surface area contributed by atoms with Crippen LogP contribution in [0.5, 0.6) is 0 Å². The number of oxime groups is 1. The maximum Gasteiger partial charge on any atom is 0.221 e. The molecule has 0 aliphatic heterocycles. The van der Waals surface area contributed by atoms with Gasteiger partial charge in [-0.05, 0) is 13.8 Å². The van der Waals surface area contributed by atoms with Gasteiger partial charge in [-0.1, -0.05) is 5.16 Å². The van der Waals surface area contributed by atoms with Gasteiger partial charge in [0.25, 0.3) is 0 Å². The predicted octanol–water partition coefficient (Wildman–Crippen LogP) is 0.737. The van der Waals surface area contributed by atoms with Crippen LogP contribution in [-0.2, 0) is 4.84 Å². The molecule has 0 aromatic heterocycles. The van der Waals surface area contributed by atoms with Crippen molar-refractivity contribution in [3.05, 3.63) is 0 Å². The molecular formula is C5H11NO2. The highest BCUT2D eigenvalue weighted by Crippen LogP contribution is 1.84. The Labute approximate surface area is 49.0 Å². The van der Waals surface area contributed by atoms with Gasteiger partial charge in [-0.3, -0.25) is 0 Å². The van der Waals surface area contributed by atoms with Crippen LogP contribution in [0, 0.1) is 0 Å². The third-order valence-electron chi connectivity index (χ3n) is 0.388. The minimum atomic E-state index is -0.801. The lowest BCUT2D eigenvalue weighted by atomic mass is 10.5. The van der Waals surface area contributed by atoms with Gasteiger partial charge in [0.1, 0.15) is 0 Å². The standard InChI is InChI=1S/C5H11NO2/c1-4(2)6-8-5(3)7/h5,7H,1-3H3. The van der Waals surface area contributed by atoms with Crippen LogP contribution in [-0.4, -0.2) is 17.1 Å². The van der Waals surface area contributed by atoms with E-state index in [1.807, 2.05) is 0 Å². The molecule has 0 amide bonds. The summed E-state index contributed by atoms with van der Waals surface area (Å²) in [5.41, 5.74) is 0.797.